The Bertz CT molecular complexity index is 777. The second-order valence-electron chi connectivity index (χ2n) is 6.18. The van der Waals surface area contributed by atoms with Crippen LogP contribution in [0.15, 0.2) is 30.6 Å². The molecule has 0 atom stereocenters. The van der Waals surface area contributed by atoms with Gasteiger partial charge >= 0.3 is 0 Å². The van der Waals surface area contributed by atoms with Crippen LogP contribution in [0.25, 0.3) is 11.3 Å². The van der Waals surface area contributed by atoms with Crippen LogP contribution in [0.3, 0.4) is 0 Å². The first kappa shape index (κ1) is 18.3. The van der Waals surface area contributed by atoms with Gasteiger partial charge in [0.15, 0.2) is 5.78 Å². The van der Waals surface area contributed by atoms with Gasteiger partial charge in [-0.1, -0.05) is 29.3 Å². The second-order valence-corrected chi connectivity index (χ2v) is 6.99. The van der Waals surface area contributed by atoms with Gasteiger partial charge in [-0.15, -0.1) is 0 Å². The van der Waals surface area contributed by atoms with Crippen LogP contribution >= 0.6 is 23.2 Å². The Kier molecular flexibility index (Phi) is 5.69. The highest BCUT2D eigenvalue weighted by molar-refractivity contribution is 6.42. The van der Waals surface area contributed by atoms with E-state index in [0.29, 0.717) is 53.9 Å². The van der Waals surface area contributed by atoms with Gasteiger partial charge in [-0.25, -0.2) is 9.97 Å². The van der Waals surface area contributed by atoms with Gasteiger partial charge in [0.1, 0.15) is 12.0 Å². The average molecular weight is 381 g/mol. The van der Waals surface area contributed by atoms with Crippen molar-refractivity contribution in [3.05, 3.63) is 46.3 Å². The maximum Gasteiger partial charge on any atom is 0.181 e. The fraction of sp³-hybridized carbons (Fsp3) is 0.389. The van der Waals surface area contributed by atoms with Crippen LogP contribution in [0, 0.1) is 0 Å². The van der Waals surface area contributed by atoms with Crippen molar-refractivity contribution in [1.29, 1.82) is 0 Å². The highest BCUT2D eigenvalue weighted by atomic mass is 35.5. The molecule has 25 heavy (non-hydrogen) atoms. The zero-order valence-corrected chi connectivity index (χ0v) is 15.1. The third-order valence-corrected chi connectivity index (χ3v) is 5.15. The number of hydrogen-bond acceptors (Lipinski definition) is 5. The molecule has 5 nitrogen and oxygen atoms in total. The van der Waals surface area contributed by atoms with E-state index in [-0.39, 0.29) is 12.2 Å². The van der Waals surface area contributed by atoms with E-state index in [4.69, 9.17) is 27.9 Å². The summed E-state index contributed by atoms with van der Waals surface area (Å²) in [6.45, 7) is 1.05. The summed E-state index contributed by atoms with van der Waals surface area (Å²) in [6.07, 6.45) is 3.10. The molecule has 1 aromatic heterocycles. The number of halogens is 2. The monoisotopic (exact) mass is 380 g/mol. The Morgan fingerprint density at radius 1 is 1.16 bits per heavy atom. The van der Waals surface area contributed by atoms with Crippen molar-refractivity contribution in [3.63, 3.8) is 0 Å². The van der Waals surface area contributed by atoms with Crippen molar-refractivity contribution in [1.82, 2.24) is 9.97 Å². The number of ether oxygens (including phenoxy) is 1. The maximum absolute atomic E-state index is 12.5. The molecule has 0 radical (unpaired) electrons. The van der Waals surface area contributed by atoms with Gasteiger partial charge in [0, 0.05) is 25.2 Å². The van der Waals surface area contributed by atoms with Crippen LogP contribution in [-0.2, 0) is 4.74 Å². The van der Waals surface area contributed by atoms with E-state index < -0.39 is 5.60 Å². The largest absolute Gasteiger partial charge is 0.390 e. The lowest BCUT2D eigenvalue weighted by Crippen LogP contribution is -2.36. The fourth-order valence-electron chi connectivity index (χ4n) is 2.80. The van der Waals surface area contributed by atoms with E-state index in [9.17, 15) is 9.90 Å². The molecule has 0 unspecified atom stereocenters. The summed E-state index contributed by atoms with van der Waals surface area (Å²) in [5.74, 6) is -0.122. The van der Waals surface area contributed by atoms with Crippen LogP contribution in [0.1, 0.15) is 36.2 Å². The number of ketones is 1. The Morgan fingerprint density at radius 3 is 2.64 bits per heavy atom. The first-order valence-corrected chi connectivity index (χ1v) is 8.83. The molecule has 132 valence electrons. The average Bonchev–Trinajstić information content (AvgIpc) is 2.63. The molecule has 0 aliphatic carbocycles. The molecule has 0 spiro atoms. The van der Waals surface area contributed by atoms with Crippen molar-refractivity contribution in [2.75, 3.05) is 13.2 Å². The molecule has 1 saturated heterocycles. The van der Waals surface area contributed by atoms with Crippen molar-refractivity contribution in [3.8, 4) is 11.3 Å². The van der Waals surface area contributed by atoms with Gasteiger partial charge in [0.05, 0.1) is 21.3 Å². The molecule has 1 fully saturated rings. The quantitative estimate of drug-likeness (QED) is 0.794. The highest BCUT2D eigenvalue weighted by Gasteiger charge is 2.30. The summed E-state index contributed by atoms with van der Waals surface area (Å²) in [6, 6.07) is 6.81. The lowest BCUT2D eigenvalue weighted by Gasteiger charge is -2.31. The summed E-state index contributed by atoms with van der Waals surface area (Å²) in [4.78, 5) is 20.7. The van der Waals surface area contributed by atoms with E-state index in [1.165, 1.54) is 6.33 Å². The Labute approximate surface area is 156 Å². The summed E-state index contributed by atoms with van der Waals surface area (Å²) in [5, 5.41) is 11.3. The number of aromatic nitrogens is 2. The van der Waals surface area contributed by atoms with E-state index in [2.05, 4.69) is 9.97 Å². The molecule has 0 saturated carbocycles. The van der Waals surface area contributed by atoms with Crippen molar-refractivity contribution in [2.24, 2.45) is 0 Å². The van der Waals surface area contributed by atoms with Gasteiger partial charge in [0.2, 0.25) is 0 Å². The Balaban J connectivity index is 1.72. The normalized spacial score (nSPS) is 16.6. The van der Waals surface area contributed by atoms with Gasteiger partial charge in [-0.2, -0.15) is 0 Å². The van der Waals surface area contributed by atoms with Crippen molar-refractivity contribution in [2.45, 2.75) is 31.3 Å². The number of carbonyl (C=O) groups is 1. The molecule has 2 heterocycles. The topological polar surface area (TPSA) is 72.3 Å². The third-order valence-electron chi connectivity index (χ3n) is 4.41. The van der Waals surface area contributed by atoms with Gasteiger partial charge < -0.3 is 9.84 Å². The summed E-state index contributed by atoms with van der Waals surface area (Å²) in [5.41, 5.74) is 0.857. The number of rotatable bonds is 5. The van der Waals surface area contributed by atoms with E-state index >= 15 is 0 Å². The predicted octanol–water partition coefficient (Wildman–Crippen LogP) is 3.95. The lowest BCUT2D eigenvalue weighted by atomic mass is 9.88. The smallest absolute Gasteiger partial charge is 0.181 e. The van der Waals surface area contributed by atoms with Crippen LogP contribution in [-0.4, -0.2) is 39.7 Å². The number of aliphatic hydroxyl groups is 1. The molecule has 1 aliphatic heterocycles. The maximum atomic E-state index is 12.5. The predicted molar refractivity (Wildman–Crippen MR) is 96.1 cm³/mol. The van der Waals surface area contributed by atoms with Crippen LogP contribution in [0.2, 0.25) is 10.0 Å². The zero-order valence-electron chi connectivity index (χ0n) is 13.5. The lowest BCUT2D eigenvalue weighted by molar-refractivity contribution is -0.0677. The molecule has 1 N–H and O–H groups in total. The number of benzene rings is 1. The third kappa shape index (κ3) is 4.55. The molecule has 1 aromatic carbocycles. The van der Waals surface area contributed by atoms with E-state index in [0.717, 1.165) is 5.56 Å². The van der Waals surface area contributed by atoms with Crippen LogP contribution < -0.4 is 0 Å². The second kappa shape index (κ2) is 7.79. The molecule has 7 heteroatoms. The molecule has 0 amide bonds. The molecular weight excluding hydrogens is 363 g/mol. The summed E-state index contributed by atoms with van der Waals surface area (Å²) >= 11 is 12.0. The minimum absolute atomic E-state index is 0.122. The molecule has 2 aromatic rings. The number of carbonyl (C=O) groups excluding carboxylic acids is 1. The number of hydrogen-bond donors (Lipinski definition) is 1. The SMILES string of the molecule is O=C(CCC1(O)CCOCC1)c1cc(-c2ccc(Cl)c(Cl)c2)ncn1. The van der Waals surface area contributed by atoms with E-state index in [1.54, 1.807) is 24.3 Å². The zero-order chi connectivity index (χ0) is 17.9. The Hall–Kier alpha value is -1.53. The first-order chi connectivity index (χ1) is 12.0. The minimum Gasteiger partial charge on any atom is -0.390 e. The van der Waals surface area contributed by atoms with Crippen LogP contribution in [0.4, 0.5) is 0 Å². The highest BCUT2D eigenvalue weighted by Crippen LogP contribution is 2.29. The van der Waals surface area contributed by atoms with Gasteiger partial charge in [-0.3, -0.25) is 4.79 Å². The molecule has 3 rings (SSSR count). The minimum atomic E-state index is -0.826. The standard InChI is InChI=1S/C18H18Cl2N2O3/c19-13-2-1-12(9-14(13)20)15-10-16(22-11-21-15)17(23)3-4-18(24)5-7-25-8-6-18/h1-2,9-11,24H,3-8H2. The Morgan fingerprint density at radius 2 is 1.92 bits per heavy atom. The number of nitrogens with zero attached hydrogens (tertiary/aromatic N) is 2. The van der Waals surface area contributed by atoms with Crippen molar-refractivity contribution < 1.29 is 14.6 Å². The molecule has 0 bridgehead atoms. The summed E-state index contributed by atoms with van der Waals surface area (Å²) in [7, 11) is 0. The molecule has 1 aliphatic rings. The molecular formula is C18H18Cl2N2O3. The van der Waals surface area contributed by atoms with Crippen LogP contribution in [0.5, 0.6) is 0 Å². The van der Waals surface area contributed by atoms with E-state index in [1.807, 2.05) is 0 Å². The van der Waals surface area contributed by atoms with Crippen molar-refractivity contribution >= 4 is 29.0 Å². The number of Topliss-reactive ketones (excluding diaryl/α,β-unsaturated/α-hetero) is 1. The fourth-order valence-corrected chi connectivity index (χ4v) is 3.10. The van der Waals surface area contributed by atoms with Gasteiger partial charge in [-0.05, 0) is 37.5 Å². The first-order valence-electron chi connectivity index (χ1n) is 8.08. The van der Waals surface area contributed by atoms with Gasteiger partial charge in [0.25, 0.3) is 0 Å². The summed E-state index contributed by atoms with van der Waals surface area (Å²) < 4.78 is 5.25.